The number of fused-ring (bicyclic) bond motifs is 6. The smallest absolute Gasteiger partial charge is 0.336 e. The average molecular weight is 871 g/mol. The minimum Gasteiger partial charge on any atom is -0.493 e. The number of benzene rings is 6. The van der Waals surface area contributed by atoms with Crippen LogP contribution in [-0.4, -0.2) is 25.8 Å². The average Bonchev–Trinajstić information content (AvgIpc) is 3.90. The molecule has 6 aromatic carbocycles. The Morgan fingerprint density at radius 3 is 1.65 bits per heavy atom. The summed E-state index contributed by atoms with van der Waals surface area (Å²) in [6, 6.07) is 37.3. The van der Waals surface area contributed by atoms with Gasteiger partial charge in [-0.05, 0) is 125 Å². The van der Waals surface area contributed by atoms with Gasteiger partial charge in [0, 0.05) is 22.3 Å². The highest BCUT2D eigenvalue weighted by Gasteiger charge is 2.45. The molecule has 6 aromatic rings. The zero-order valence-electron chi connectivity index (χ0n) is 38.6. The number of aryl methyl sites for hydroxylation is 2. The van der Waals surface area contributed by atoms with E-state index in [-0.39, 0.29) is 5.41 Å². The fourth-order valence-electron chi connectivity index (χ4n) is 9.94. The van der Waals surface area contributed by atoms with Crippen molar-refractivity contribution in [1.29, 1.82) is 0 Å². The second-order valence-corrected chi connectivity index (χ2v) is 17.9. The molecule has 1 spiro atoms. The number of hydrogen-bond acceptors (Lipinski definition) is 6. The van der Waals surface area contributed by atoms with Crippen LogP contribution in [0, 0.1) is 0 Å². The molecule has 8 rings (SSSR count). The van der Waals surface area contributed by atoms with Crippen molar-refractivity contribution < 1.29 is 28.8 Å². The first kappa shape index (κ1) is 45.7. The molecule has 2 aliphatic carbocycles. The summed E-state index contributed by atoms with van der Waals surface area (Å²) >= 11 is 0. The first-order valence-electron chi connectivity index (χ1n) is 24.5. The van der Waals surface area contributed by atoms with E-state index in [9.17, 15) is 4.79 Å². The molecule has 0 aromatic heterocycles. The Bertz CT molecular complexity index is 2580. The van der Waals surface area contributed by atoms with Crippen LogP contribution in [0.3, 0.4) is 0 Å². The molecular weight excluding hydrogens is 805 g/mol. The van der Waals surface area contributed by atoms with Gasteiger partial charge in [0.25, 0.3) is 0 Å². The molecule has 6 heteroatoms. The molecule has 0 fully saturated rings. The maximum atomic E-state index is 13.3. The molecule has 0 heterocycles. The summed E-state index contributed by atoms with van der Waals surface area (Å²) in [5.74, 6) is 2.65. The van der Waals surface area contributed by atoms with Crippen molar-refractivity contribution in [2.75, 3.05) is 19.8 Å². The van der Waals surface area contributed by atoms with E-state index < -0.39 is 5.97 Å². The van der Waals surface area contributed by atoms with E-state index in [0.717, 1.165) is 89.3 Å². The molecule has 0 radical (unpaired) electrons. The topological polar surface area (TPSA) is 63.2 Å². The standard InChI is InChI=1S/C59H66O6/c1-3-5-7-9-11-17-39-61-56-32-27-44(50-21-13-15-23-52(50)56)20-19-41-63-65-49-31-26-47-36-38-59(55(47)43-49)37-35-46-25-30-48(42-54(46)59)64-58(60)34-29-45-28-33-57(53-24-16-14-22-51(45)53)62-40-18-12-10-8-6-4-2/h13-16,19-34,42-43H,3-12,17-18,35-41H2,1-2H3/b20-19+,34-29+. The lowest BCUT2D eigenvalue weighted by atomic mass is 9.76. The summed E-state index contributed by atoms with van der Waals surface area (Å²) in [6.45, 7) is 6.24. The summed E-state index contributed by atoms with van der Waals surface area (Å²) in [5.41, 5.74) is 7.03. The number of carbonyl (C=O) groups is 1. The van der Waals surface area contributed by atoms with Gasteiger partial charge in [-0.3, -0.25) is 0 Å². The van der Waals surface area contributed by atoms with Gasteiger partial charge in [-0.2, -0.15) is 4.89 Å². The third-order valence-corrected chi connectivity index (χ3v) is 13.4. The molecular formula is C59H66O6. The third-order valence-electron chi connectivity index (χ3n) is 13.4. The Balaban J connectivity index is 0.867. The third kappa shape index (κ3) is 11.3. The Kier molecular flexibility index (Phi) is 16.1. The van der Waals surface area contributed by atoms with Gasteiger partial charge < -0.3 is 19.1 Å². The molecule has 0 aliphatic heterocycles. The summed E-state index contributed by atoms with van der Waals surface area (Å²) in [5, 5.41) is 4.36. The van der Waals surface area contributed by atoms with E-state index in [2.05, 4.69) is 92.7 Å². The van der Waals surface area contributed by atoms with Crippen molar-refractivity contribution >= 4 is 39.7 Å². The fraction of sp³-hybridized carbons (Fsp3) is 0.373. The summed E-state index contributed by atoms with van der Waals surface area (Å²) in [6.07, 6.45) is 26.2. The predicted molar refractivity (Wildman–Crippen MR) is 266 cm³/mol. The molecule has 0 N–H and O–H groups in total. The van der Waals surface area contributed by atoms with E-state index >= 15 is 0 Å². The lowest BCUT2D eigenvalue weighted by molar-refractivity contribution is -0.195. The molecule has 338 valence electrons. The van der Waals surface area contributed by atoms with Crippen LogP contribution in [-0.2, 0) is 27.9 Å². The Labute approximate surface area is 386 Å². The van der Waals surface area contributed by atoms with Crippen LogP contribution >= 0.6 is 0 Å². The Morgan fingerprint density at radius 1 is 0.554 bits per heavy atom. The van der Waals surface area contributed by atoms with Crippen LogP contribution in [0.5, 0.6) is 23.0 Å². The number of rotatable bonds is 24. The number of hydrogen-bond donors (Lipinski definition) is 0. The van der Waals surface area contributed by atoms with Crippen molar-refractivity contribution in [2.45, 2.75) is 122 Å². The van der Waals surface area contributed by atoms with Gasteiger partial charge >= 0.3 is 5.97 Å². The van der Waals surface area contributed by atoms with Gasteiger partial charge in [-0.25, -0.2) is 4.79 Å². The molecule has 0 amide bonds. The monoisotopic (exact) mass is 870 g/mol. The Morgan fingerprint density at radius 2 is 1.06 bits per heavy atom. The summed E-state index contributed by atoms with van der Waals surface area (Å²) < 4.78 is 18.4. The summed E-state index contributed by atoms with van der Waals surface area (Å²) in [7, 11) is 0. The summed E-state index contributed by atoms with van der Waals surface area (Å²) in [4.78, 5) is 25.0. The van der Waals surface area contributed by atoms with E-state index in [1.54, 1.807) is 0 Å². The van der Waals surface area contributed by atoms with Crippen molar-refractivity contribution in [1.82, 2.24) is 0 Å². The first-order chi connectivity index (χ1) is 32.1. The van der Waals surface area contributed by atoms with Gasteiger partial charge in [-0.1, -0.05) is 163 Å². The number of esters is 1. The van der Waals surface area contributed by atoms with Crippen molar-refractivity contribution in [2.24, 2.45) is 0 Å². The molecule has 65 heavy (non-hydrogen) atoms. The van der Waals surface area contributed by atoms with Crippen molar-refractivity contribution in [3.05, 3.63) is 155 Å². The first-order valence-corrected chi connectivity index (χ1v) is 24.5. The van der Waals surface area contributed by atoms with Crippen LogP contribution in [0.2, 0.25) is 0 Å². The van der Waals surface area contributed by atoms with Crippen LogP contribution in [0.1, 0.15) is 137 Å². The predicted octanol–water partition coefficient (Wildman–Crippen LogP) is 15.3. The van der Waals surface area contributed by atoms with Crippen LogP contribution in [0.15, 0.2) is 121 Å². The van der Waals surface area contributed by atoms with E-state index in [1.807, 2.05) is 48.6 Å². The van der Waals surface area contributed by atoms with Gasteiger partial charge in [-0.15, -0.1) is 0 Å². The molecule has 1 unspecified atom stereocenters. The molecule has 0 saturated heterocycles. The zero-order valence-corrected chi connectivity index (χ0v) is 38.6. The van der Waals surface area contributed by atoms with Gasteiger partial charge in [0.1, 0.15) is 23.9 Å². The Hall–Kier alpha value is -5.85. The maximum Gasteiger partial charge on any atom is 0.336 e. The molecule has 0 bridgehead atoms. The number of ether oxygens (including phenoxy) is 3. The van der Waals surface area contributed by atoms with E-state index in [1.165, 1.54) is 92.5 Å². The lowest BCUT2D eigenvalue weighted by Crippen LogP contribution is -2.21. The van der Waals surface area contributed by atoms with Crippen LogP contribution in [0.25, 0.3) is 33.7 Å². The fourth-order valence-corrected chi connectivity index (χ4v) is 9.94. The molecule has 6 nitrogen and oxygen atoms in total. The second-order valence-electron chi connectivity index (χ2n) is 17.9. The lowest BCUT2D eigenvalue weighted by Gasteiger charge is -2.27. The second kappa shape index (κ2) is 22.9. The van der Waals surface area contributed by atoms with Crippen molar-refractivity contribution in [3.8, 4) is 23.0 Å². The minimum atomic E-state index is -0.406. The van der Waals surface area contributed by atoms with Crippen LogP contribution in [0.4, 0.5) is 0 Å². The minimum absolute atomic E-state index is 0.161. The highest BCUT2D eigenvalue weighted by molar-refractivity contribution is 5.98. The molecule has 2 aliphatic rings. The van der Waals surface area contributed by atoms with E-state index in [4.69, 9.17) is 24.0 Å². The van der Waals surface area contributed by atoms with Crippen molar-refractivity contribution in [3.63, 3.8) is 0 Å². The van der Waals surface area contributed by atoms with Gasteiger partial charge in [0.05, 0.1) is 13.2 Å². The van der Waals surface area contributed by atoms with Gasteiger partial charge in [0.15, 0.2) is 5.75 Å². The van der Waals surface area contributed by atoms with Crippen LogP contribution < -0.4 is 19.1 Å². The highest BCUT2D eigenvalue weighted by atomic mass is 17.2. The maximum absolute atomic E-state index is 13.3. The largest absolute Gasteiger partial charge is 0.493 e. The SMILES string of the molecule is CCCCCCCCOc1ccc(/C=C/COOc2ccc3c(c2)C2(CC3)CCc3ccc(OC(=O)/C=C/c4ccc(OCCCCCCCC)c5ccccc45)cc32)c2ccccc12. The molecule has 1 atom stereocenters. The highest BCUT2D eigenvalue weighted by Crippen LogP contribution is 2.53. The van der Waals surface area contributed by atoms with Gasteiger partial charge in [0.2, 0.25) is 0 Å². The van der Waals surface area contributed by atoms with E-state index in [0.29, 0.717) is 24.7 Å². The zero-order chi connectivity index (χ0) is 44.7. The molecule has 0 saturated carbocycles. The normalized spacial score (nSPS) is 15.4. The number of carbonyl (C=O) groups excluding carboxylic acids is 1. The number of unbranched alkanes of at least 4 members (excludes halogenated alkanes) is 10. The quantitative estimate of drug-likeness (QED) is 0.0151.